The number of fused-ring (bicyclic) bond motifs is 1. The molecule has 8 nitrogen and oxygen atoms in total. The number of rotatable bonds is 7. The largest absolute Gasteiger partial charge is 0.484 e. The summed E-state index contributed by atoms with van der Waals surface area (Å²) in [4.78, 5) is 39.5. The Hall–Kier alpha value is -4.33. The van der Waals surface area contributed by atoms with E-state index in [1.165, 1.54) is 0 Å². The molecule has 0 aliphatic carbocycles. The molecular weight excluding hydrogens is 460 g/mol. The van der Waals surface area contributed by atoms with Crippen molar-refractivity contribution in [2.75, 3.05) is 31.8 Å². The summed E-state index contributed by atoms with van der Waals surface area (Å²) < 4.78 is 16.3. The summed E-state index contributed by atoms with van der Waals surface area (Å²) in [5, 5.41) is 2.93. The first-order valence-electron chi connectivity index (χ1n) is 11.9. The van der Waals surface area contributed by atoms with E-state index in [4.69, 9.17) is 14.2 Å². The molecule has 0 spiro atoms. The molecular formula is C28H26N2O6. The molecule has 1 fully saturated rings. The number of carbonyl (C=O) groups excluding carboxylic acids is 3. The summed E-state index contributed by atoms with van der Waals surface area (Å²) in [6, 6.07) is 21.1. The SMILES string of the molecule is O=C(c1ccccc1)c1ccc(OCC(=O)N2CCC(C(=O)Nc3ccc4c(c3)OCO4)CC2)cc1. The molecule has 1 N–H and O–H groups in total. The molecule has 3 aromatic carbocycles. The lowest BCUT2D eigenvalue weighted by atomic mass is 9.95. The van der Waals surface area contributed by atoms with Gasteiger partial charge in [0.15, 0.2) is 23.9 Å². The molecule has 2 aliphatic heterocycles. The van der Waals surface area contributed by atoms with E-state index in [-0.39, 0.29) is 36.9 Å². The highest BCUT2D eigenvalue weighted by Gasteiger charge is 2.28. The number of hydrogen-bond donors (Lipinski definition) is 1. The Kier molecular flexibility index (Phi) is 6.84. The molecule has 0 saturated carbocycles. The molecule has 0 bridgehead atoms. The first-order valence-corrected chi connectivity index (χ1v) is 11.9. The zero-order valence-corrected chi connectivity index (χ0v) is 19.6. The number of likely N-dealkylation sites (tertiary alicyclic amines) is 1. The van der Waals surface area contributed by atoms with Crippen LogP contribution in [0.2, 0.25) is 0 Å². The molecule has 2 aliphatic rings. The van der Waals surface area contributed by atoms with Crippen molar-refractivity contribution in [1.29, 1.82) is 0 Å². The Morgan fingerprint density at radius 1 is 0.861 bits per heavy atom. The van der Waals surface area contributed by atoms with Gasteiger partial charge in [-0.3, -0.25) is 14.4 Å². The fourth-order valence-electron chi connectivity index (χ4n) is 4.30. The quantitative estimate of drug-likeness (QED) is 0.509. The number of anilines is 1. The highest BCUT2D eigenvalue weighted by atomic mass is 16.7. The van der Waals surface area contributed by atoms with Gasteiger partial charge in [0.05, 0.1) is 0 Å². The van der Waals surface area contributed by atoms with Gasteiger partial charge in [0.25, 0.3) is 5.91 Å². The monoisotopic (exact) mass is 486 g/mol. The van der Waals surface area contributed by atoms with Crippen molar-refractivity contribution < 1.29 is 28.6 Å². The fourth-order valence-corrected chi connectivity index (χ4v) is 4.30. The number of nitrogens with zero attached hydrogens (tertiary/aromatic N) is 1. The molecule has 3 aromatic rings. The van der Waals surface area contributed by atoms with Crippen LogP contribution in [0.25, 0.3) is 0 Å². The minimum Gasteiger partial charge on any atom is -0.484 e. The van der Waals surface area contributed by atoms with E-state index < -0.39 is 0 Å². The van der Waals surface area contributed by atoms with Crippen molar-refractivity contribution in [3.8, 4) is 17.2 Å². The van der Waals surface area contributed by atoms with Crippen molar-refractivity contribution in [3.63, 3.8) is 0 Å². The van der Waals surface area contributed by atoms with Gasteiger partial charge in [-0.25, -0.2) is 0 Å². The Morgan fingerprint density at radius 2 is 1.56 bits per heavy atom. The number of nitrogens with one attached hydrogen (secondary N) is 1. The van der Waals surface area contributed by atoms with Crippen LogP contribution in [0, 0.1) is 5.92 Å². The smallest absolute Gasteiger partial charge is 0.260 e. The second kappa shape index (κ2) is 10.5. The van der Waals surface area contributed by atoms with Gasteiger partial charge in [-0.2, -0.15) is 0 Å². The third kappa shape index (κ3) is 5.33. The van der Waals surface area contributed by atoms with Crippen molar-refractivity contribution in [1.82, 2.24) is 4.90 Å². The Labute approximate surface area is 208 Å². The first kappa shape index (κ1) is 23.4. The van der Waals surface area contributed by atoms with Crippen LogP contribution in [-0.2, 0) is 9.59 Å². The van der Waals surface area contributed by atoms with Crippen LogP contribution >= 0.6 is 0 Å². The molecule has 5 rings (SSSR count). The second-order valence-corrected chi connectivity index (χ2v) is 8.72. The number of piperidine rings is 1. The Morgan fingerprint density at radius 3 is 2.31 bits per heavy atom. The molecule has 0 atom stereocenters. The second-order valence-electron chi connectivity index (χ2n) is 8.72. The van der Waals surface area contributed by atoms with Gasteiger partial charge in [0, 0.05) is 41.9 Å². The van der Waals surface area contributed by atoms with Gasteiger partial charge >= 0.3 is 0 Å². The molecule has 0 radical (unpaired) electrons. The lowest BCUT2D eigenvalue weighted by Crippen LogP contribution is -2.43. The number of carbonyl (C=O) groups is 3. The van der Waals surface area contributed by atoms with Crippen molar-refractivity contribution in [2.45, 2.75) is 12.8 Å². The maximum atomic E-state index is 12.7. The molecule has 2 heterocycles. The van der Waals surface area contributed by atoms with E-state index in [0.29, 0.717) is 60.0 Å². The number of benzene rings is 3. The lowest BCUT2D eigenvalue weighted by molar-refractivity contribution is -0.136. The number of ether oxygens (including phenoxy) is 3. The molecule has 2 amide bonds. The molecule has 0 aromatic heterocycles. The zero-order chi connectivity index (χ0) is 24.9. The topological polar surface area (TPSA) is 94.2 Å². The fraction of sp³-hybridized carbons (Fsp3) is 0.250. The van der Waals surface area contributed by atoms with Gasteiger partial charge in [-0.05, 0) is 49.2 Å². The van der Waals surface area contributed by atoms with E-state index in [2.05, 4.69) is 5.32 Å². The first-order chi connectivity index (χ1) is 17.6. The molecule has 8 heteroatoms. The van der Waals surface area contributed by atoms with Gasteiger partial charge in [-0.15, -0.1) is 0 Å². The number of amides is 2. The molecule has 36 heavy (non-hydrogen) atoms. The number of hydrogen-bond acceptors (Lipinski definition) is 6. The Balaban J connectivity index is 1.07. The molecule has 184 valence electrons. The van der Waals surface area contributed by atoms with Crippen molar-refractivity contribution in [3.05, 3.63) is 83.9 Å². The lowest BCUT2D eigenvalue weighted by Gasteiger charge is -2.31. The third-order valence-corrected chi connectivity index (χ3v) is 6.37. The summed E-state index contributed by atoms with van der Waals surface area (Å²) in [6.07, 6.45) is 1.16. The summed E-state index contributed by atoms with van der Waals surface area (Å²) in [6.45, 7) is 1.07. The van der Waals surface area contributed by atoms with E-state index in [9.17, 15) is 14.4 Å². The van der Waals surface area contributed by atoms with Crippen molar-refractivity contribution in [2.24, 2.45) is 5.92 Å². The maximum Gasteiger partial charge on any atom is 0.260 e. The average molecular weight is 487 g/mol. The Bertz CT molecular complexity index is 1250. The van der Waals surface area contributed by atoms with Gasteiger partial charge in [0.1, 0.15) is 5.75 Å². The van der Waals surface area contributed by atoms with Crippen LogP contribution in [0.5, 0.6) is 17.2 Å². The van der Waals surface area contributed by atoms with E-state index in [0.717, 1.165) is 0 Å². The standard InChI is InChI=1S/C28H26N2O6/c31-26(17-34-23-9-6-20(7-10-23)27(32)19-4-2-1-3-5-19)30-14-12-21(13-15-30)28(33)29-22-8-11-24-25(16-22)36-18-35-24/h1-11,16,21H,12-15,17-18H2,(H,29,33). The predicted octanol–water partition coefficient (Wildman–Crippen LogP) is 3.90. The van der Waals surface area contributed by atoms with Crippen LogP contribution in [0.3, 0.4) is 0 Å². The minimum atomic E-state index is -0.171. The van der Waals surface area contributed by atoms with Crippen LogP contribution < -0.4 is 19.5 Å². The van der Waals surface area contributed by atoms with Gasteiger partial charge < -0.3 is 24.4 Å². The third-order valence-electron chi connectivity index (χ3n) is 6.37. The van der Waals surface area contributed by atoms with Crippen LogP contribution in [0.4, 0.5) is 5.69 Å². The molecule has 1 saturated heterocycles. The summed E-state index contributed by atoms with van der Waals surface area (Å²) >= 11 is 0. The van der Waals surface area contributed by atoms with E-state index >= 15 is 0 Å². The van der Waals surface area contributed by atoms with E-state index in [1.807, 2.05) is 18.2 Å². The average Bonchev–Trinajstić information content (AvgIpc) is 3.40. The van der Waals surface area contributed by atoms with E-state index in [1.54, 1.807) is 59.5 Å². The minimum absolute atomic E-state index is 0.0661. The maximum absolute atomic E-state index is 12.7. The summed E-state index contributed by atoms with van der Waals surface area (Å²) in [7, 11) is 0. The van der Waals surface area contributed by atoms with Crippen LogP contribution in [0.15, 0.2) is 72.8 Å². The highest BCUT2D eigenvalue weighted by Crippen LogP contribution is 2.34. The summed E-state index contributed by atoms with van der Waals surface area (Å²) in [5.74, 6) is 1.37. The normalized spacial score (nSPS) is 14.8. The van der Waals surface area contributed by atoms with Crippen molar-refractivity contribution >= 4 is 23.3 Å². The predicted molar refractivity (Wildman–Crippen MR) is 132 cm³/mol. The summed E-state index contributed by atoms with van der Waals surface area (Å²) in [5.41, 5.74) is 1.84. The number of ketones is 1. The highest BCUT2D eigenvalue weighted by molar-refractivity contribution is 6.09. The molecule has 0 unspecified atom stereocenters. The van der Waals surface area contributed by atoms with Crippen LogP contribution in [0.1, 0.15) is 28.8 Å². The zero-order valence-electron chi connectivity index (χ0n) is 19.6. The van der Waals surface area contributed by atoms with Gasteiger partial charge in [0.2, 0.25) is 12.7 Å². The van der Waals surface area contributed by atoms with Crippen LogP contribution in [-0.4, -0.2) is 49.0 Å². The van der Waals surface area contributed by atoms with Gasteiger partial charge in [-0.1, -0.05) is 30.3 Å².